The second kappa shape index (κ2) is 4.05. The van der Waals surface area contributed by atoms with Gasteiger partial charge in [0.15, 0.2) is 0 Å². The minimum absolute atomic E-state index is 0.0225. The highest BCUT2D eigenvalue weighted by molar-refractivity contribution is 5.79. The fraction of sp³-hybridized carbons (Fsp3) is 0.818. The van der Waals surface area contributed by atoms with Crippen molar-refractivity contribution in [1.82, 2.24) is 4.90 Å². The Kier molecular flexibility index (Phi) is 2.88. The van der Waals surface area contributed by atoms with E-state index in [0.717, 1.165) is 0 Å². The summed E-state index contributed by atoms with van der Waals surface area (Å²) in [6.07, 6.45) is 1.85. The lowest BCUT2D eigenvalue weighted by molar-refractivity contribution is -0.151. The molecule has 16 heavy (non-hydrogen) atoms. The zero-order valence-corrected chi connectivity index (χ0v) is 9.44. The van der Waals surface area contributed by atoms with Gasteiger partial charge in [-0.25, -0.2) is 0 Å². The minimum Gasteiger partial charge on any atom is -0.481 e. The van der Waals surface area contributed by atoms with E-state index in [1.807, 2.05) is 0 Å². The van der Waals surface area contributed by atoms with E-state index in [0.29, 0.717) is 39.0 Å². The molecule has 90 valence electrons. The van der Waals surface area contributed by atoms with Gasteiger partial charge in [-0.05, 0) is 19.3 Å². The highest BCUT2D eigenvalue weighted by atomic mass is 16.5. The maximum Gasteiger partial charge on any atom is 0.308 e. The summed E-state index contributed by atoms with van der Waals surface area (Å²) in [4.78, 5) is 24.6. The Hall–Kier alpha value is -1.10. The van der Waals surface area contributed by atoms with E-state index in [4.69, 9.17) is 4.74 Å². The van der Waals surface area contributed by atoms with Gasteiger partial charge in [0, 0.05) is 26.7 Å². The number of likely N-dealkylation sites (tertiary alicyclic amines) is 1. The van der Waals surface area contributed by atoms with Crippen molar-refractivity contribution < 1.29 is 19.4 Å². The van der Waals surface area contributed by atoms with Crippen LogP contribution in [0.2, 0.25) is 0 Å². The molecule has 0 aliphatic carbocycles. The van der Waals surface area contributed by atoms with Crippen molar-refractivity contribution in [3.05, 3.63) is 0 Å². The maximum absolute atomic E-state index is 11.6. The van der Waals surface area contributed by atoms with Gasteiger partial charge in [-0.1, -0.05) is 0 Å². The highest BCUT2D eigenvalue weighted by Gasteiger charge is 2.53. The number of amides is 1. The first-order valence-corrected chi connectivity index (χ1v) is 5.67. The number of carbonyl (C=O) groups excluding carboxylic acids is 1. The minimum atomic E-state index is -0.786. The maximum atomic E-state index is 11.6. The van der Waals surface area contributed by atoms with E-state index in [1.54, 1.807) is 4.90 Å². The van der Waals surface area contributed by atoms with Gasteiger partial charge in [0.1, 0.15) is 0 Å². The molecule has 0 bridgehead atoms. The number of hydrogen-bond acceptors (Lipinski definition) is 3. The van der Waals surface area contributed by atoms with Crippen LogP contribution in [0, 0.1) is 5.92 Å². The molecule has 1 amide bonds. The van der Waals surface area contributed by atoms with E-state index in [9.17, 15) is 14.7 Å². The summed E-state index contributed by atoms with van der Waals surface area (Å²) in [7, 11) is 0. The van der Waals surface area contributed by atoms with Gasteiger partial charge in [-0.15, -0.1) is 0 Å². The molecule has 2 aliphatic heterocycles. The Labute approximate surface area is 94.4 Å². The summed E-state index contributed by atoms with van der Waals surface area (Å²) in [5.74, 6) is -1.24. The number of hydrogen-bond donors (Lipinski definition) is 1. The van der Waals surface area contributed by atoms with E-state index >= 15 is 0 Å². The standard InChI is InChI=1S/C11H17NO4/c1-8(13)12-5-2-9(10(14)15)11(12)3-6-16-7-4-11/h9H,2-7H2,1H3,(H,14,15). The van der Waals surface area contributed by atoms with E-state index in [2.05, 4.69) is 0 Å². The fourth-order valence-electron chi connectivity index (χ4n) is 3.11. The van der Waals surface area contributed by atoms with Crippen molar-refractivity contribution >= 4 is 11.9 Å². The van der Waals surface area contributed by atoms with Crippen LogP contribution in [-0.4, -0.2) is 47.2 Å². The smallest absolute Gasteiger partial charge is 0.308 e. The molecule has 0 aromatic carbocycles. The Bertz CT molecular complexity index is 285. The van der Waals surface area contributed by atoms with E-state index < -0.39 is 17.4 Å². The number of carbonyl (C=O) groups is 2. The first-order valence-electron chi connectivity index (χ1n) is 5.67. The molecule has 0 radical (unpaired) electrons. The quantitative estimate of drug-likeness (QED) is 0.708. The summed E-state index contributed by atoms with van der Waals surface area (Å²) in [5, 5.41) is 9.25. The zero-order chi connectivity index (χ0) is 11.8. The van der Waals surface area contributed by atoms with Gasteiger partial charge in [0.05, 0.1) is 11.5 Å². The summed E-state index contributed by atoms with van der Waals surface area (Å²) in [5.41, 5.74) is -0.490. The van der Waals surface area contributed by atoms with Crippen molar-refractivity contribution in [3.8, 4) is 0 Å². The van der Waals surface area contributed by atoms with E-state index in [-0.39, 0.29) is 5.91 Å². The SMILES string of the molecule is CC(=O)N1CCC(C(=O)O)C12CCOCC2. The number of carboxylic acids is 1. The van der Waals surface area contributed by atoms with Gasteiger partial charge >= 0.3 is 5.97 Å². The Morgan fingerprint density at radius 2 is 2.00 bits per heavy atom. The Morgan fingerprint density at radius 3 is 2.50 bits per heavy atom. The van der Waals surface area contributed by atoms with Gasteiger partial charge in [-0.2, -0.15) is 0 Å². The molecule has 0 aromatic heterocycles. The third-order valence-electron chi connectivity index (χ3n) is 3.86. The molecular formula is C11H17NO4. The summed E-state index contributed by atoms with van der Waals surface area (Å²) >= 11 is 0. The summed E-state index contributed by atoms with van der Waals surface area (Å²) < 4.78 is 5.28. The zero-order valence-electron chi connectivity index (χ0n) is 9.44. The highest BCUT2D eigenvalue weighted by Crippen LogP contribution is 2.42. The average molecular weight is 227 g/mol. The fourth-order valence-corrected chi connectivity index (χ4v) is 3.11. The largest absolute Gasteiger partial charge is 0.481 e. The van der Waals surface area contributed by atoms with Crippen LogP contribution >= 0.6 is 0 Å². The predicted octanol–water partition coefficient (Wildman–Crippen LogP) is 0.489. The molecule has 1 N–H and O–H groups in total. The second-order valence-corrected chi connectivity index (χ2v) is 4.57. The third kappa shape index (κ3) is 1.59. The van der Waals surface area contributed by atoms with Gasteiger partial charge < -0.3 is 14.7 Å². The molecular weight excluding hydrogens is 210 g/mol. The molecule has 2 heterocycles. The van der Waals surface area contributed by atoms with E-state index in [1.165, 1.54) is 6.92 Å². The van der Waals surface area contributed by atoms with Crippen LogP contribution in [0.1, 0.15) is 26.2 Å². The third-order valence-corrected chi connectivity index (χ3v) is 3.86. The lowest BCUT2D eigenvalue weighted by Crippen LogP contribution is -2.55. The number of carboxylic acid groups (broad SMARTS) is 1. The molecule has 2 aliphatic rings. The van der Waals surface area contributed by atoms with Crippen LogP contribution in [-0.2, 0) is 14.3 Å². The van der Waals surface area contributed by atoms with Crippen LogP contribution in [0.25, 0.3) is 0 Å². The molecule has 5 nitrogen and oxygen atoms in total. The van der Waals surface area contributed by atoms with Crippen molar-refractivity contribution in [1.29, 1.82) is 0 Å². The number of nitrogens with zero attached hydrogens (tertiary/aromatic N) is 1. The lowest BCUT2D eigenvalue weighted by atomic mass is 9.78. The molecule has 5 heteroatoms. The Morgan fingerprint density at radius 1 is 1.38 bits per heavy atom. The molecule has 1 atom stereocenters. The van der Waals surface area contributed by atoms with Gasteiger partial charge in [0.25, 0.3) is 0 Å². The summed E-state index contributed by atoms with van der Waals surface area (Å²) in [6.45, 7) is 3.18. The Balaban J connectivity index is 2.30. The number of rotatable bonds is 1. The van der Waals surface area contributed by atoms with Gasteiger partial charge in [-0.3, -0.25) is 9.59 Å². The van der Waals surface area contributed by atoms with Gasteiger partial charge in [0.2, 0.25) is 5.91 Å². The number of ether oxygens (including phenoxy) is 1. The van der Waals surface area contributed by atoms with Crippen LogP contribution in [0.5, 0.6) is 0 Å². The molecule has 0 aromatic rings. The van der Waals surface area contributed by atoms with Crippen LogP contribution in [0.3, 0.4) is 0 Å². The first-order chi connectivity index (χ1) is 7.58. The number of aliphatic carboxylic acids is 1. The molecule has 2 rings (SSSR count). The van der Waals surface area contributed by atoms with Crippen LogP contribution < -0.4 is 0 Å². The van der Waals surface area contributed by atoms with Crippen molar-refractivity contribution in [2.75, 3.05) is 19.8 Å². The average Bonchev–Trinajstić information content (AvgIpc) is 2.58. The molecule has 2 fully saturated rings. The van der Waals surface area contributed by atoms with Crippen LogP contribution in [0.4, 0.5) is 0 Å². The van der Waals surface area contributed by atoms with Crippen molar-refractivity contribution in [3.63, 3.8) is 0 Å². The molecule has 0 saturated carbocycles. The van der Waals surface area contributed by atoms with Crippen molar-refractivity contribution in [2.24, 2.45) is 5.92 Å². The lowest BCUT2D eigenvalue weighted by Gasteiger charge is -2.43. The van der Waals surface area contributed by atoms with Crippen molar-refractivity contribution in [2.45, 2.75) is 31.7 Å². The summed E-state index contributed by atoms with van der Waals surface area (Å²) in [6, 6.07) is 0. The first kappa shape index (κ1) is 11.4. The topological polar surface area (TPSA) is 66.8 Å². The van der Waals surface area contributed by atoms with Crippen LogP contribution in [0.15, 0.2) is 0 Å². The predicted molar refractivity (Wildman–Crippen MR) is 55.9 cm³/mol. The monoisotopic (exact) mass is 227 g/mol. The normalized spacial score (nSPS) is 28.3. The molecule has 2 saturated heterocycles. The molecule has 1 spiro atoms. The second-order valence-electron chi connectivity index (χ2n) is 4.57. The molecule has 1 unspecified atom stereocenters.